The highest BCUT2D eigenvalue weighted by molar-refractivity contribution is 7.80. The molecule has 0 aromatic carbocycles. The number of aldehydes is 1. The van der Waals surface area contributed by atoms with E-state index in [1.165, 1.54) is 60.0 Å². The first kappa shape index (κ1) is 58.4. The fraction of sp³-hybridized carbons (Fsp3) is 0.826. The summed E-state index contributed by atoms with van der Waals surface area (Å²) in [4.78, 5) is 99.0. The lowest BCUT2D eigenvalue weighted by molar-refractivity contribution is -0.204. The number of unbranched alkanes of at least 4 members (excludes halogenated alkanes) is 16. The van der Waals surface area contributed by atoms with Crippen molar-refractivity contribution in [3.05, 3.63) is 0 Å². The van der Waals surface area contributed by atoms with E-state index >= 15 is 0 Å². The van der Waals surface area contributed by atoms with Crippen molar-refractivity contribution in [2.75, 3.05) is 13.7 Å². The summed E-state index contributed by atoms with van der Waals surface area (Å²) in [5.41, 5.74) is 4.31. The van der Waals surface area contributed by atoms with Gasteiger partial charge in [0.25, 0.3) is 0 Å². The quantitative estimate of drug-likeness (QED) is 0.0211. The van der Waals surface area contributed by atoms with Gasteiger partial charge in [0.2, 0.25) is 23.6 Å². The maximum absolute atomic E-state index is 13.5. The lowest BCUT2D eigenvalue weighted by Crippen LogP contribution is -2.64. The summed E-state index contributed by atoms with van der Waals surface area (Å²) in [6.45, 7) is 5.73. The molecule has 1 heterocycles. The topological polar surface area (TPSA) is 256 Å². The standard InChI is InChI=1S/C46H80N4O13S/c1-6-7-8-9-10-12-16-19-22-25-36(53)34(24-21-18-15-13-11-14-17-20-23-28-51)29-39(55)61-30-37-41(56)42(40(46(64)63-37)49-33(4)52)62-32(3)45(59)48-31(2)44(58)50-35(43(47)57)26-27-38(54)60-5/h28,31-32,34-35,37,40-42,46,56,64H,6-27,29-30H2,1-5H3,(H2,47,57)(H,48,59)(H,49,52)(H,50,58)/t31-,32?,34+,35+,37+,40+,41+,42-,46-/m0/s1. The number of thiol groups is 1. The fourth-order valence-corrected chi connectivity index (χ4v) is 7.97. The van der Waals surface area contributed by atoms with E-state index in [9.17, 15) is 43.5 Å². The third-order valence-corrected chi connectivity index (χ3v) is 11.9. The van der Waals surface area contributed by atoms with Crippen LogP contribution in [0.3, 0.4) is 0 Å². The van der Waals surface area contributed by atoms with Crippen LogP contribution in [0.15, 0.2) is 0 Å². The largest absolute Gasteiger partial charge is 0.469 e. The van der Waals surface area contributed by atoms with Crippen molar-refractivity contribution >= 4 is 60.3 Å². The molecule has 1 rings (SSSR count). The average molecular weight is 929 g/mol. The van der Waals surface area contributed by atoms with Gasteiger partial charge in [0.15, 0.2) is 0 Å². The number of hydrogen-bond acceptors (Lipinski definition) is 14. The van der Waals surface area contributed by atoms with Crippen LogP contribution >= 0.6 is 12.6 Å². The molecular weight excluding hydrogens is 849 g/mol. The minimum atomic E-state index is -1.54. The molecule has 1 unspecified atom stereocenters. The Bertz CT molecular complexity index is 1420. The molecule has 0 aromatic rings. The number of primary amides is 1. The van der Waals surface area contributed by atoms with E-state index in [4.69, 9.17) is 19.9 Å². The van der Waals surface area contributed by atoms with Crippen LogP contribution < -0.4 is 21.7 Å². The molecule has 368 valence electrons. The van der Waals surface area contributed by atoms with E-state index in [1.54, 1.807) is 0 Å². The van der Waals surface area contributed by atoms with Crippen LogP contribution in [0.5, 0.6) is 0 Å². The molecule has 0 saturated carbocycles. The smallest absolute Gasteiger partial charge is 0.306 e. The summed E-state index contributed by atoms with van der Waals surface area (Å²) < 4.78 is 22.0. The lowest BCUT2D eigenvalue weighted by Gasteiger charge is -2.43. The Morgan fingerprint density at radius 1 is 0.781 bits per heavy atom. The monoisotopic (exact) mass is 929 g/mol. The molecule has 1 fully saturated rings. The van der Waals surface area contributed by atoms with E-state index in [1.807, 2.05) is 0 Å². The number of amides is 4. The summed E-state index contributed by atoms with van der Waals surface area (Å²) in [5, 5.41) is 19.0. The molecule has 1 saturated heterocycles. The first-order valence-corrected chi connectivity index (χ1v) is 24.1. The molecule has 0 bridgehead atoms. The van der Waals surface area contributed by atoms with Gasteiger partial charge in [-0.2, -0.15) is 0 Å². The van der Waals surface area contributed by atoms with Crippen LogP contribution in [-0.2, 0) is 57.3 Å². The molecule has 9 atom stereocenters. The Hall–Kier alpha value is -3.61. The van der Waals surface area contributed by atoms with Crippen LogP contribution in [0.2, 0.25) is 0 Å². The number of aliphatic hydroxyl groups is 1. The number of methoxy groups -OCH3 is 1. The van der Waals surface area contributed by atoms with Gasteiger partial charge in [0.1, 0.15) is 60.6 Å². The molecule has 0 radical (unpaired) electrons. The Labute approximate surface area is 386 Å². The number of ether oxygens (including phenoxy) is 4. The van der Waals surface area contributed by atoms with Gasteiger partial charge >= 0.3 is 11.9 Å². The van der Waals surface area contributed by atoms with Crippen molar-refractivity contribution in [1.82, 2.24) is 16.0 Å². The Morgan fingerprint density at radius 2 is 1.36 bits per heavy atom. The molecule has 6 N–H and O–H groups in total. The van der Waals surface area contributed by atoms with Crippen LogP contribution in [0.1, 0.15) is 175 Å². The molecule has 0 aromatic heterocycles. The van der Waals surface area contributed by atoms with E-state index in [0.717, 1.165) is 83.3 Å². The molecule has 1 aliphatic rings. The highest BCUT2D eigenvalue weighted by Gasteiger charge is 2.47. The van der Waals surface area contributed by atoms with Crippen molar-refractivity contribution in [1.29, 1.82) is 0 Å². The van der Waals surface area contributed by atoms with E-state index in [-0.39, 0.29) is 25.0 Å². The normalized spacial score (nSPS) is 20.2. The van der Waals surface area contributed by atoms with Crippen LogP contribution in [0.4, 0.5) is 0 Å². The number of hydrogen-bond donors (Lipinski definition) is 6. The van der Waals surface area contributed by atoms with Gasteiger partial charge in [-0.1, -0.05) is 103 Å². The minimum Gasteiger partial charge on any atom is -0.469 e. The van der Waals surface area contributed by atoms with E-state index < -0.39 is 96.1 Å². The summed E-state index contributed by atoms with van der Waals surface area (Å²) in [6, 6.07) is -3.46. The SMILES string of the molecule is CCCCCCCCCCCC(=O)[C@H](CCCCCCCCCCC=O)CC(=O)OC[C@H]1O[C@@H](S)[C@H](NC(C)=O)[C@H](OC(C)C(=O)N[C@@H](C)C(=O)N[C@H](CCC(=O)OC)C(N)=O)[C@@H]1O. The summed E-state index contributed by atoms with van der Waals surface area (Å²) in [6.07, 6.45) is 14.8. The second kappa shape index (κ2) is 34.7. The number of rotatable bonds is 37. The third-order valence-electron chi connectivity index (χ3n) is 11.5. The van der Waals surface area contributed by atoms with Crippen molar-refractivity contribution in [3.63, 3.8) is 0 Å². The van der Waals surface area contributed by atoms with Crippen molar-refractivity contribution in [2.24, 2.45) is 11.7 Å². The van der Waals surface area contributed by atoms with Crippen molar-refractivity contribution in [3.8, 4) is 0 Å². The molecule has 0 spiro atoms. The predicted octanol–water partition coefficient (Wildman–Crippen LogP) is 4.85. The number of ketones is 1. The number of carbonyl (C=O) groups is 8. The Morgan fingerprint density at radius 3 is 1.92 bits per heavy atom. The minimum absolute atomic E-state index is 0.0383. The second-order valence-electron chi connectivity index (χ2n) is 17.0. The molecule has 4 amide bonds. The summed E-state index contributed by atoms with van der Waals surface area (Å²) >= 11 is 4.47. The second-order valence-corrected chi connectivity index (χ2v) is 17.5. The van der Waals surface area contributed by atoms with Crippen LogP contribution in [-0.4, -0.2) is 114 Å². The van der Waals surface area contributed by atoms with Gasteiger partial charge in [-0.25, -0.2) is 0 Å². The summed E-state index contributed by atoms with van der Waals surface area (Å²) in [5.74, 6) is -4.64. The zero-order chi connectivity index (χ0) is 47.9. The van der Waals surface area contributed by atoms with Gasteiger partial charge in [0.05, 0.1) is 19.6 Å². The van der Waals surface area contributed by atoms with Gasteiger partial charge < -0.3 is 50.5 Å². The van der Waals surface area contributed by atoms with E-state index in [0.29, 0.717) is 19.3 Å². The number of aliphatic hydroxyl groups excluding tert-OH is 1. The van der Waals surface area contributed by atoms with Gasteiger partial charge in [-0.15, -0.1) is 12.6 Å². The maximum Gasteiger partial charge on any atom is 0.306 e. The Balaban J connectivity index is 2.91. The fourth-order valence-electron chi connectivity index (χ4n) is 7.57. The molecule has 64 heavy (non-hydrogen) atoms. The highest BCUT2D eigenvalue weighted by atomic mass is 32.1. The van der Waals surface area contributed by atoms with E-state index in [2.05, 4.69) is 40.2 Å². The lowest BCUT2D eigenvalue weighted by atomic mass is 9.90. The highest BCUT2D eigenvalue weighted by Crippen LogP contribution is 2.28. The first-order valence-electron chi connectivity index (χ1n) is 23.6. The van der Waals surface area contributed by atoms with Gasteiger partial charge in [-0.05, 0) is 39.5 Å². The number of nitrogens with two attached hydrogens (primary N) is 1. The molecule has 1 aliphatic heterocycles. The molecule has 18 heteroatoms. The van der Waals surface area contributed by atoms with Crippen LogP contribution in [0.25, 0.3) is 0 Å². The van der Waals surface area contributed by atoms with Crippen molar-refractivity contribution < 1.29 is 62.4 Å². The average Bonchev–Trinajstić information content (AvgIpc) is 3.25. The van der Waals surface area contributed by atoms with Crippen molar-refractivity contribution in [2.45, 2.75) is 223 Å². The number of carbonyl (C=O) groups excluding carboxylic acids is 8. The molecule has 0 aliphatic carbocycles. The van der Waals surface area contributed by atoms with Gasteiger partial charge in [-0.3, -0.25) is 33.6 Å². The number of Topliss-reactive ketones (excluding diaryl/α,β-unsaturated/α-hetero) is 1. The predicted molar refractivity (Wildman–Crippen MR) is 244 cm³/mol. The first-order chi connectivity index (χ1) is 30.6. The maximum atomic E-state index is 13.5. The summed E-state index contributed by atoms with van der Waals surface area (Å²) in [7, 11) is 1.18. The Kier molecular flexibility index (Phi) is 31.7. The van der Waals surface area contributed by atoms with Crippen LogP contribution in [0, 0.1) is 5.92 Å². The third kappa shape index (κ3) is 25.2. The molecule has 17 nitrogen and oxygen atoms in total. The number of esters is 2. The van der Waals surface area contributed by atoms with Gasteiger partial charge in [0, 0.05) is 32.1 Å². The zero-order valence-electron chi connectivity index (χ0n) is 39.1. The molecular formula is C46H80N4O13S. The number of nitrogens with one attached hydrogen (secondary N) is 3. The zero-order valence-corrected chi connectivity index (χ0v) is 40.0.